The minimum absolute atomic E-state index is 0. The van der Waals surface area contributed by atoms with Crippen LogP contribution in [0.15, 0.2) is 60.7 Å². The summed E-state index contributed by atoms with van der Waals surface area (Å²) in [5, 5.41) is 0. The van der Waals surface area contributed by atoms with Gasteiger partial charge in [-0.2, -0.15) is 0 Å². The molecule has 0 saturated carbocycles. The van der Waals surface area contributed by atoms with E-state index in [2.05, 4.69) is 13.8 Å². The second-order valence-corrected chi connectivity index (χ2v) is 14.6. The van der Waals surface area contributed by atoms with E-state index in [0.717, 1.165) is 64.2 Å². The van der Waals surface area contributed by atoms with Crippen molar-refractivity contribution in [3.05, 3.63) is 82.9 Å². The average Bonchev–Trinajstić information content (AvgIpc) is 3.17. The molecule has 0 aliphatic rings. The third-order valence-electron chi connectivity index (χ3n) is 8.71. The van der Waals surface area contributed by atoms with Gasteiger partial charge < -0.3 is 23.5 Å². The zero-order valence-corrected chi connectivity index (χ0v) is 35.4. The van der Waals surface area contributed by atoms with Gasteiger partial charge in [0, 0.05) is 16.9 Å². The molecule has 3 aromatic carbocycles. The van der Waals surface area contributed by atoms with E-state index < -0.39 is 62.7 Å². The minimum atomic E-state index is -4.59. The maximum absolute atomic E-state index is 15.9. The summed E-state index contributed by atoms with van der Waals surface area (Å²) in [6.45, 7) is 4.87. The molecule has 0 aliphatic carbocycles. The molecular formula is C42H53F4NaO7S. The van der Waals surface area contributed by atoms with E-state index in [0.29, 0.717) is 24.7 Å². The fraction of sp³-hybridized carbons (Fsp3) is 0.476. The van der Waals surface area contributed by atoms with Crippen molar-refractivity contribution in [1.82, 2.24) is 0 Å². The summed E-state index contributed by atoms with van der Waals surface area (Å²) in [5.41, 5.74) is -1.19. The van der Waals surface area contributed by atoms with Crippen molar-refractivity contribution in [3.8, 4) is 23.0 Å². The number of ether oxygens (including phenoxy) is 4. The maximum atomic E-state index is 15.9. The number of rotatable bonds is 26. The van der Waals surface area contributed by atoms with Crippen molar-refractivity contribution in [2.45, 2.75) is 97.3 Å². The van der Waals surface area contributed by atoms with Crippen LogP contribution in [0.4, 0.5) is 17.6 Å². The molecular weight excluding hydrogens is 748 g/mol. The first-order valence-electron chi connectivity index (χ1n) is 18.8. The van der Waals surface area contributed by atoms with Gasteiger partial charge in [0.25, 0.3) is 0 Å². The standard InChI is InChI=1S/C42H54F4O7S.Na/c1-4-6-8-10-12-14-25-51-33-21-17-31(18-22-33)39(43)41(45)35-30-38(53-27-16-28-54(47,48)49)36(29-37(35)50-3)42(46)40(44)32-19-23-34(24-20-32)52-26-15-13-11-9-7-5-2;/h17-24,29-30H,4-16,25-28H2,1-3H3,(H,47,48,49);/q;+1/p-1/b41-39+,42-40+;. The molecule has 55 heavy (non-hydrogen) atoms. The monoisotopic (exact) mass is 800 g/mol. The Bertz CT molecular complexity index is 1750. The third-order valence-corrected chi connectivity index (χ3v) is 9.49. The van der Waals surface area contributed by atoms with Crippen LogP contribution in [0.25, 0.3) is 23.3 Å². The van der Waals surface area contributed by atoms with E-state index in [1.54, 1.807) is 0 Å². The van der Waals surface area contributed by atoms with E-state index in [9.17, 15) is 13.0 Å². The van der Waals surface area contributed by atoms with Crippen LogP contribution in [0.3, 0.4) is 0 Å². The molecule has 0 amide bonds. The summed E-state index contributed by atoms with van der Waals surface area (Å²) >= 11 is 0. The van der Waals surface area contributed by atoms with E-state index in [4.69, 9.17) is 18.9 Å². The molecule has 3 rings (SSSR count). The Morgan fingerprint density at radius 2 is 0.927 bits per heavy atom. The number of halogens is 4. The smallest absolute Gasteiger partial charge is 0.748 e. The van der Waals surface area contributed by atoms with E-state index in [1.165, 1.54) is 80.6 Å². The molecule has 298 valence electrons. The van der Waals surface area contributed by atoms with Crippen molar-refractivity contribution in [2.75, 3.05) is 32.7 Å². The molecule has 0 bridgehead atoms. The van der Waals surface area contributed by atoms with Crippen molar-refractivity contribution < 1.29 is 79.0 Å². The molecule has 0 unspecified atom stereocenters. The van der Waals surface area contributed by atoms with Crippen LogP contribution in [-0.2, 0) is 10.1 Å². The topological polar surface area (TPSA) is 94.1 Å². The number of benzene rings is 3. The predicted molar refractivity (Wildman–Crippen MR) is 206 cm³/mol. The summed E-state index contributed by atoms with van der Waals surface area (Å²) in [6.07, 6.45) is 12.9. The molecule has 0 spiro atoms. The summed E-state index contributed by atoms with van der Waals surface area (Å²) in [7, 11) is -3.43. The van der Waals surface area contributed by atoms with Gasteiger partial charge in [-0.1, -0.05) is 78.1 Å². The largest absolute Gasteiger partial charge is 1.00 e. The molecule has 0 N–H and O–H groups in total. The Morgan fingerprint density at radius 3 is 1.35 bits per heavy atom. The van der Waals surface area contributed by atoms with Gasteiger partial charge in [0.15, 0.2) is 23.3 Å². The number of methoxy groups -OCH3 is 1. The minimum Gasteiger partial charge on any atom is -0.748 e. The van der Waals surface area contributed by atoms with Crippen LogP contribution in [0.1, 0.15) is 120 Å². The van der Waals surface area contributed by atoms with Crippen molar-refractivity contribution in [3.63, 3.8) is 0 Å². The van der Waals surface area contributed by atoms with Gasteiger partial charge in [0.05, 0.1) is 48.2 Å². The molecule has 3 aromatic rings. The van der Waals surface area contributed by atoms with Gasteiger partial charge in [-0.3, -0.25) is 0 Å². The Hall–Kier alpha value is -3.03. The Kier molecular flexibility index (Phi) is 22.7. The van der Waals surface area contributed by atoms with E-state index >= 15 is 17.6 Å². The molecule has 7 nitrogen and oxygen atoms in total. The van der Waals surface area contributed by atoms with Gasteiger partial charge in [-0.15, -0.1) is 0 Å². The quantitative estimate of drug-likeness (QED) is 0.0263. The van der Waals surface area contributed by atoms with Gasteiger partial charge in [0.2, 0.25) is 0 Å². The zero-order valence-electron chi connectivity index (χ0n) is 32.6. The molecule has 0 aliphatic heterocycles. The van der Waals surface area contributed by atoms with E-state index in [-0.39, 0.29) is 52.9 Å². The Morgan fingerprint density at radius 1 is 0.545 bits per heavy atom. The fourth-order valence-corrected chi connectivity index (χ4v) is 6.11. The van der Waals surface area contributed by atoms with Crippen LogP contribution in [0.2, 0.25) is 0 Å². The number of hydrogen-bond donors (Lipinski definition) is 0. The van der Waals surface area contributed by atoms with Gasteiger partial charge in [-0.25, -0.2) is 26.0 Å². The van der Waals surface area contributed by atoms with Crippen LogP contribution >= 0.6 is 0 Å². The van der Waals surface area contributed by atoms with Crippen LogP contribution < -0.4 is 48.5 Å². The van der Waals surface area contributed by atoms with Crippen molar-refractivity contribution in [2.24, 2.45) is 0 Å². The second kappa shape index (κ2) is 26.0. The fourth-order valence-electron chi connectivity index (χ4n) is 5.64. The Labute approximate surface area is 346 Å². The van der Waals surface area contributed by atoms with Gasteiger partial charge in [0.1, 0.15) is 23.0 Å². The van der Waals surface area contributed by atoms with Crippen LogP contribution in [0, 0.1) is 0 Å². The van der Waals surface area contributed by atoms with E-state index in [1.807, 2.05) is 0 Å². The molecule has 0 aromatic heterocycles. The molecule has 0 fully saturated rings. The molecule has 0 radical (unpaired) electrons. The molecule has 0 saturated heterocycles. The summed E-state index contributed by atoms with van der Waals surface area (Å²) in [4.78, 5) is 0. The zero-order chi connectivity index (χ0) is 39.3. The molecule has 0 heterocycles. The van der Waals surface area contributed by atoms with Gasteiger partial charge in [-0.05, 0) is 79.9 Å². The first kappa shape index (κ1) is 48.1. The maximum Gasteiger partial charge on any atom is 1.00 e. The predicted octanol–water partition coefficient (Wildman–Crippen LogP) is 9.02. The molecule has 13 heteroatoms. The SMILES string of the molecule is CCCCCCCCOc1ccc(/C(F)=C(\F)c2cc(OCCCS(=O)(=O)[O-])c(/C(F)=C(\F)c3ccc(OCCCCCCCC)cc3)cc2OC)cc1.[Na+]. The Balaban J connectivity index is 0.0000105. The first-order chi connectivity index (χ1) is 26.0. The van der Waals surface area contributed by atoms with Gasteiger partial charge >= 0.3 is 29.6 Å². The number of unbranched alkanes of at least 4 members (excludes halogenated alkanes) is 10. The number of hydrogen-bond acceptors (Lipinski definition) is 7. The van der Waals surface area contributed by atoms with Crippen LogP contribution in [0.5, 0.6) is 23.0 Å². The average molecular weight is 801 g/mol. The third kappa shape index (κ3) is 16.9. The van der Waals surface area contributed by atoms with Crippen molar-refractivity contribution in [1.29, 1.82) is 0 Å². The first-order valence-corrected chi connectivity index (χ1v) is 20.4. The normalized spacial score (nSPS) is 12.4. The second-order valence-electron chi connectivity index (χ2n) is 13.0. The summed E-state index contributed by atoms with van der Waals surface area (Å²) < 4.78 is 119. The van der Waals surface area contributed by atoms with Crippen molar-refractivity contribution >= 4 is 33.4 Å². The van der Waals surface area contributed by atoms with Crippen LogP contribution in [-0.4, -0.2) is 45.7 Å². The summed E-state index contributed by atoms with van der Waals surface area (Å²) in [5.74, 6) is -5.85. The summed E-state index contributed by atoms with van der Waals surface area (Å²) in [6, 6.07) is 13.4. The molecule has 0 atom stereocenters.